The molecule has 3 heterocycles. The summed E-state index contributed by atoms with van der Waals surface area (Å²) in [4.78, 5) is 27.4. The minimum atomic E-state index is -3.89. The van der Waals surface area contributed by atoms with Gasteiger partial charge in [0, 0.05) is 5.56 Å². The number of carbonyl (C=O) groups is 2. The van der Waals surface area contributed by atoms with Crippen LogP contribution in [0.15, 0.2) is 71.6 Å². The van der Waals surface area contributed by atoms with E-state index in [4.69, 9.17) is 4.74 Å². The van der Waals surface area contributed by atoms with Gasteiger partial charge in [0.15, 0.2) is 11.5 Å². The third-order valence-corrected chi connectivity index (χ3v) is 7.06. The molecule has 142 valence electrons. The SMILES string of the molecule is O=C1c2ccccc2N2C(=O)CN(S(=O)(=O)c3ccccc3)CC23C=CC1O3. The van der Waals surface area contributed by atoms with Crippen LogP contribution < -0.4 is 4.90 Å². The highest BCUT2D eigenvalue weighted by atomic mass is 32.2. The van der Waals surface area contributed by atoms with Crippen LogP contribution in [0.25, 0.3) is 0 Å². The zero-order chi connectivity index (χ0) is 19.5. The normalized spacial score (nSPS) is 26.7. The second-order valence-electron chi connectivity index (χ2n) is 6.94. The lowest BCUT2D eigenvalue weighted by molar-refractivity contribution is -0.129. The van der Waals surface area contributed by atoms with E-state index in [-0.39, 0.29) is 23.8 Å². The van der Waals surface area contributed by atoms with Gasteiger partial charge in [0.1, 0.15) is 6.10 Å². The summed E-state index contributed by atoms with van der Waals surface area (Å²) in [6, 6.07) is 14.8. The number of ketones is 1. The molecule has 2 unspecified atom stereocenters. The number of nitrogens with zero attached hydrogens (tertiary/aromatic N) is 2. The molecule has 1 amide bonds. The number of piperazine rings is 1. The van der Waals surface area contributed by atoms with Crippen molar-refractivity contribution in [1.29, 1.82) is 0 Å². The maximum absolute atomic E-state index is 13.1. The zero-order valence-corrected chi connectivity index (χ0v) is 15.5. The van der Waals surface area contributed by atoms with Crippen molar-refractivity contribution in [2.24, 2.45) is 0 Å². The maximum Gasteiger partial charge on any atom is 0.244 e. The van der Waals surface area contributed by atoms with Crippen molar-refractivity contribution in [3.05, 3.63) is 72.3 Å². The lowest BCUT2D eigenvalue weighted by Crippen LogP contribution is -2.65. The Morgan fingerprint density at radius 2 is 1.71 bits per heavy atom. The largest absolute Gasteiger partial charge is 0.335 e. The molecule has 0 N–H and O–H groups in total. The molecule has 28 heavy (non-hydrogen) atoms. The summed E-state index contributed by atoms with van der Waals surface area (Å²) in [5.74, 6) is -0.693. The van der Waals surface area contributed by atoms with Crippen LogP contribution in [0.4, 0.5) is 5.69 Å². The highest BCUT2D eigenvalue weighted by molar-refractivity contribution is 7.89. The van der Waals surface area contributed by atoms with Gasteiger partial charge in [-0.2, -0.15) is 4.31 Å². The van der Waals surface area contributed by atoms with Gasteiger partial charge in [-0.1, -0.05) is 30.3 Å². The molecule has 2 bridgehead atoms. The van der Waals surface area contributed by atoms with Gasteiger partial charge in [0.05, 0.1) is 23.7 Å². The minimum Gasteiger partial charge on any atom is -0.335 e. The Morgan fingerprint density at radius 1 is 1.00 bits per heavy atom. The van der Waals surface area contributed by atoms with Crippen LogP contribution in [-0.2, 0) is 19.6 Å². The molecule has 8 heteroatoms. The average Bonchev–Trinajstić information content (AvgIpc) is 3.07. The van der Waals surface area contributed by atoms with Gasteiger partial charge >= 0.3 is 0 Å². The second-order valence-corrected chi connectivity index (χ2v) is 8.88. The summed E-state index contributed by atoms with van der Waals surface area (Å²) in [5.41, 5.74) is -0.503. The molecule has 2 atom stereocenters. The highest BCUT2D eigenvalue weighted by Crippen LogP contribution is 2.42. The molecule has 2 aromatic rings. The number of hydrogen-bond acceptors (Lipinski definition) is 5. The smallest absolute Gasteiger partial charge is 0.244 e. The fourth-order valence-corrected chi connectivity index (χ4v) is 5.42. The first-order valence-electron chi connectivity index (χ1n) is 8.81. The molecule has 3 aliphatic rings. The topological polar surface area (TPSA) is 84.0 Å². The maximum atomic E-state index is 13.1. The van der Waals surface area contributed by atoms with Gasteiger partial charge in [-0.15, -0.1) is 0 Å². The predicted octanol–water partition coefficient (Wildman–Crippen LogP) is 1.57. The molecule has 3 aliphatic heterocycles. The van der Waals surface area contributed by atoms with Crippen LogP contribution in [0.1, 0.15) is 10.4 Å². The van der Waals surface area contributed by atoms with Crippen LogP contribution in [0.3, 0.4) is 0 Å². The van der Waals surface area contributed by atoms with Gasteiger partial charge in [0.2, 0.25) is 15.9 Å². The Labute approximate surface area is 161 Å². The molecule has 1 spiro atoms. The number of anilines is 1. The van der Waals surface area contributed by atoms with Crippen LogP contribution in [0.2, 0.25) is 0 Å². The summed E-state index contributed by atoms with van der Waals surface area (Å²) in [6.45, 7) is -0.423. The van der Waals surface area contributed by atoms with E-state index >= 15 is 0 Å². The fourth-order valence-electron chi connectivity index (χ4n) is 3.99. The third kappa shape index (κ3) is 2.32. The summed E-state index contributed by atoms with van der Waals surface area (Å²) in [6.07, 6.45) is 2.37. The molecule has 1 saturated heterocycles. The van der Waals surface area contributed by atoms with Crippen LogP contribution in [0.5, 0.6) is 0 Å². The van der Waals surface area contributed by atoms with Crippen molar-refractivity contribution < 1.29 is 22.7 Å². The number of Topliss-reactive ketones (excluding diaryl/α,β-unsaturated/α-hetero) is 1. The number of ether oxygens (including phenoxy) is 1. The van der Waals surface area contributed by atoms with E-state index in [2.05, 4.69) is 0 Å². The van der Waals surface area contributed by atoms with E-state index in [1.165, 1.54) is 17.0 Å². The molecule has 7 nitrogen and oxygen atoms in total. The van der Waals surface area contributed by atoms with Crippen LogP contribution in [-0.4, -0.2) is 49.3 Å². The van der Waals surface area contributed by atoms with Crippen LogP contribution in [0, 0.1) is 0 Å². The molecular weight excluding hydrogens is 380 g/mol. The van der Waals surface area contributed by atoms with Crippen molar-refractivity contribution in [1.82, 2.24) is 4.31 Å². The van der Waals surface area contributed by atoms with Crippen molar-refractivity contribution in [2.45, 2.75) is 16.7 Å². The third-order valence-electron chi connectivity index (χ3n) is 5.25. The molecular formula is C20H16N2O5S. The first kappa shape index (κ1) is 17.3. The molecule has 5 rings (SSSR count). The highest BCUT2D eigenvalue weighted by Gasteiger charge is 2.55. The monoisotopic (exact) mass is 396 g/mol. The van der Waals surface area contributed by atoms with Crippen molar-refractivity contribution in [3.8, 4) is 0 Å². The Kier molecular flexibility index (Phi) is 3.61. The number of hydrogen-bond donors (Lipinski definition) is 0. The lowest BCUT2D eigenvalue weighted by atomic mass is 9.99. The number of amides is 1. The van der Waals surface area contributed by atoms with Crippen molar-refractivity contribution >= 4 is 27.4 Å². The number of carbonyl (C=O) groups excluding carboxylic acids is 2. The van der Waals surface area contributed by atoms with E-state index in [0.29, 0.717) is 11.3 Å². The fraction of sp³-hybridized carbons (Fsp3) is 0.200. The zero-order valence-electron chi connectivity index (χ0n) is 14.7. The standard InChI is InChI=1S/C20H16N2O5S/c23-18-12-21(28(25,26)14-6-2-1-3-7-14)13-20-11-10-17(27-20)19(24)15-8-4-5-9-16(15)22(18)20/h1-11,17H,12-13H2. The first-order chi connectivity index (χ1) is 13.4. The number of benzene rings is 2. The molecule has 1 fully saturated rings. The summed E-state index contributed by atoms with van der Waals surface area (Å²) >= 11 is 0. The molecule has 0 saturated carbocycles. The van der Waals surface area contributed by atoms with Gasteiger partial charge in [-0.05, 0) is 36.4 Å². The number of fused-ring (bicyclic) bond motifs is 3. The summed E-state index contributed by atoms with van der Waals surface area (Å²) in [5, 5.41) is 0. The van der Waals surface area contributed by atoms with E-state index < -0.39 is 27.8 Å². The van der Waals surface area contributed by atoms with Gasteiger partial charge in [-0.3, -0.25) is 14.5 Å². The number of rotatable bonds is 2. The average molecular weight is 396 g/mol. The van der Waals surface area contributed by atoms with Crippen LogP contribution >= 0.6 is 0 Å². The number of para-hydroxylation sites is 1. The number of sulfonamides is 1. The molecule has 0 aliphatic carbocycles. The molecule has 2 aromatic carbocycles. The van der Waals surface area contributed by atoms with Gasteiger partial charge < -0.3 is 4.74 Å². The van der Waals surface area contributed by atoms with E-state index in [9.17, 15) is 18.0 Å². The first-order valence-corrected chi connectivity index (χ1v) is 10.3. The minimum absolute atomic E-state index is 0.0927. The Morgan fingerprint density at radius 3 is 2.50 bits per heavy atom. The Balaban J connectivity index is 1.62. The lowest BCUT2D eigenvalue weighted by Gasteiger charge is -2.45. The van der Waals surface area contributed by atoms with E-state index in [1.54, 1.807) is 54.6 Å². The predicted molar refractivity (Wildman–Crippen MR) is 100 cm³/mol. The van der Waals surface area contributed by atoms with Gasteiger partial charge in [0.25, 0.3) is 0 Å². The Bertz CT molecular complexity index is 1130. The summed E-state index contributed by atoms with van der Waals surface area (Å²) < 4.78 is 33.3. The van der Waals surface area contributed by atoms with E-state index in [1.807, 2.05) is 0 Å². The van der Waals surface area contributed by atoms with Crippen molar-refractivity contribution in [3.63, 3.8) is 0 Å². The Hall–Kier alpha value is -2.81. The molecule has 0 radical (unpaired) electrons. The quantitative estimate of drug-likeness (QED) is 0.720. The summed E-state index contributed by atoms with van der Waals surface area (Å²) in [7, 11) is -3.89. The van der Waals surface area contributed by atoms with E-state index in [0.717, 1.165) is 4.31 Å². The van der Waals surface area contributed by atoms with Crippen molar-refractivity contribution in [2.75, 3.05) is 18.0 Å². The molecule has 0 aromatic heterocycles. The van der Waals surface area contributed by atoms with Gasteiger partial charge in [-0.25, -0.2) is 8.42 Å². The second kappa shape index (κ2) is 5.84.